The topological polar surface area (TPSA) is 52.6 Å². The van der Waals surface area contributed by atoms with Crippen LogP contribution < -0.4 is 4.74 Å². The quantitative estimate of drug-likeness (QED) is 0.446. The number of esters is 2. The molecule has 0 bridgehead atoms. The van der Waals surface area contributed by atoms with Gasteiger partial charge >= 0.3 is 11.9 Å². The van der Waals surface area contributed by atoms with Crippen molar-refractivity contribution in [3.63, 3.8) is 0 Å². The van der Waals surface area contributed by atoms with Crippen molar-refractivity contribution in [2.75, 3.05) is 6.61 Å². The van der Waals surface area contributed by atoms with Gasteiger partial charge < -0.3 is 9.47 Å². The normalized spacial score (nSPS) is 13.5. The van der Waals surface area contributed by atoms with Crippen LogP contribution in [0.4, 0.5) is 0 Å². The maximum atomic E-state index is 11.5. The number of ether oxygens (including phenoxy) is 2. The van der Waals surface area contributed by atoms with Crippen LogP contribution in [0.2, 0.25) is 0 Å². The Hall–Kier alpha value is -1.84. The second-order valence-corrected chi connectivity index (χ2v) is 3.91. The van der Waals surface area contributed by atoms with Crippen molar-refractivity contribution in [3.05, 3.63) is 29.3 Å². The van der Waals surface area contributed by atoms with Crippen LogP contribution in [-0.2, 0) is 4.74 Å². The number of carbonyl (C=O) groups excluding carboxylic acids is 2. The highest BCUT2D eigenvalue weighted by atomic mass is 16.6. The van der Waals surface area contributed by atoms with Gasteiger partial charge in [-0.15, -0.1) is 0 Å². The van der Waals surface area contributed by atoms with Crippen molar-refractivity contribution < 1.29 is 19.1 Å². The molecule has 1 aliphatic heterocycles. The van der Waals surface area contributed by atoms with Crippen LogP contribution in [0.25, 0.3) is 0 Å². The summed E-state index contributed by atoms with van der Waals surface area (Å²) < 4.78 is 10.1. The molecule has 1 aromatic rings. The molecule has 0 saturated heterocycles. The molecule has 0 fully saturated rings. The summed E-state index contributed by atoms with van der Waals surface area (Å²) in [5.41, 5.74) is 0.553. The summed E-state index contributed by atoms with van der Waals surface area (Å²) >= 11 is 0. The third-order valence-electron chi connectivity index (χ3n) is 2.64. The number of fused-ring (bicyclic) bond motifs is 1. The smallest absolute Gasteiger partial charge is 0.350 e. The summed E-state index contributed by atoms with van der Waals surface area (Å²) in [7, 11) is 0. The number of hydrogen-bond acceptors (Lipinski definition) is 4. The Kier molecular flexibility index (Phi) is 3.42. The van der Waals surface area contributed by atoms with Gasteiger partial charge in [-0.3, -0.25) is 0 Å². The molecule has 17 heavy (non-hydrogen) atoms. The Morgan fingerprint density at radius 2 is 2.00 bits per heavy atom. The van der Waals surface area contributed by atoms with E-state index in [-0.39, 0.29) is 5.56 Å². The van der Waals surface area contributed by atoms with Crippen LogP contribution in [0.1, 0.15) is 46.9 Å². The molecule has 0 unspecified atom stereocenters. The van der Waals surface area contributed by atoms with Gasteiger partial charge in [0.1, 0.15) is 11.3 Å². The van der Waals surface area contributed by atoms with Crippen molar-refractivity contribution in [1.82, 2.24) is 0 Å². The van der Waals surface area contributed by atoms with Crippen LogP contribution in [0.5, 0.6) is 5.75 Å². The molecule has 90 valence electrons. The number of rotatable bonds is 5. The predicted molar refractivity (Wildman–Crippen MR) is 61.2 cm³/mol. The van der Waals surface area contributed by atoms with E-state index in [1.807, 2.05) is 0 Å². The summed E-state index contributed by atoms with van der Waals surface area (Å²) in [5.74, 6) is -0.769. The number of carbonyl (C=O) groups is 2. The highest BCUT2D eigenvalue weighted by Crippen LogP contribution is 2.29. The van der Waals surface area contributed by atoms with E-state index in [4.69, 9.17) is 4.74 Å². The average molecular weight is 234 g/mol. The zero-order chi connectivity index (χ0) is 12.3. The standard InChI is InChI=1S/C13H14O4/c1-2-3-4-8-16-10-7-5-6-9-11(10)13(15)17-12(9)14/h5-7H,2-4,8H2,1H3. The molecule has 0 spiro atoms. The van der Waals surface area contributed by atoms with Gasteiger partial charge in [0.05, 0.1) is 12.2 Å². The summed E-state index contributed by atoms with van der Waals surface area (Å²) in [5, 5.41) is 0. The Morgan fingerprint density at radius 1 is 1.18 bits per heavy atom. The van der Waals surface area contributed by atoms with Gasteiger partial charge in [-0.2, -0.15) is 0 Å². The fourth-order valence-corrected chi connectivity index (χ4v) is 1.76. The lowest BCUT2D eigenvalue weighted by molar-refractivity contribution is 0.0442. The van der Waals surface area contributed by atoms with Gasteiger partial charge in [-0.25, -0.2) is 9.59 Å². The Bertz CT molecular complexity index is 451. The lowest BCUT2D eigenvalue weighted by atomic mass is 10.1. The monoisotopic (exact) mass is 234 g/mol. The second kappa shape index (κ2) is 4.99. The van der Waals surface area contributed by atoms with E-state index in [9.17, 15) is 9.59 Å². The number of unbranched alkanes of at least 4 members (excludes halogenated alkanes) is 2. The van der Waals surface area contributed by atoms with Crippen LogP contribution in [0.3, 0.4) is 0 Å². The molecule has 0 N–H and O–H groups in total. The lowest BCUT2D eigenvalue weighted by Crippen LogP contribution is -2.03. The molecule has 0 atom stereocenters. The lowest BCUT2D eigenvalue weighted by Gasteiger charge is -2.07. The van der Waals surface area contributed by atoms with Crippen LogP contribution >= 0.6 is 0 Å². The predicted octanol–water partition coefficient (Wildman–Crippen LogP) is 2.57. The molecular formula is C13H14O4. The van der Waals surface area contributed by atoms with Gasteiger partial charge in [0, 0.05) is 0 Å². The first-order chi connectivity index (χ1) is 8.24. The van der Waals surface area contributed by atoms with Gasteiger partial charge in [0.25, 0.3) is 0 Å². The van der Waals surface area contributed by atoms with Crippen LogP contribution in [0.15, 0.2) is 18.2 Å². The first-order valence-corrected chi connectivity index (χ1v) is 5.76. The minimum absolute atomic E-state index is 0.258. The van der Waals surface area contributed by atoms with Gasteiger partial charge in [0.2, 0.25) is 0 Å². The number of cyclic esters (lactones) is 2. The zero-order valence-corrected chi connectivity index (χ0v) is 9.69. The summed E-state index contributed by atoms with van der Waals surface area (Å²) in [4.78, 5) is 22.8. The van der Waals surface area contributed by atoms with Crippen molar-refractivity contribution >= 4 is 11.9 Å². The molecule has 0 saturated carbocycles. The van der Waals surface area contributed by atoms with Crippen LogP contribution in [0, 0.1) is 0 Å². The highest BCUT2D eigenvalue weighted by Gasteiger charge is 2.32. The molecule has 0 amide bonds. The van der Waals surface area contributed by atoms with Gasteiger partial charge in [0.15, 0.2) is 0 Å². The van der Waals surface area contributed by atoms with Crippen molar-refractivity contribution in [2.24, 2.45) is 0 Å². The molecule has 1 heterocycles. The first kappa shape index (κ1) is 11.6. The molecule has 4 heteroatoms. The largest absolute Gasteiger partial charge is 0.493 e. The van der Waals surface area contributed by atoms with E-state index in [1.54, 1.807) is 18.2 Å². The fraction of sp³-hybridized carbons (Fsp3) is 0.385. The molecule has 1 aliphatic rings. The van der Waals surface area contributed by atoms with E-state index < -0.39 is 11.9 Å². The molecule has 0 aromatic heterocycles. The van der Waals surface area contributed by atoms with Crippen molar-refractivity contribution in [1.29, 1.82) is 0 Å². The van der Waals surface area contributed by atoms with E-state index >= 15 is 0 Å². The second-order valence-electron chi connectivity index (χ2n) is 3.91. The van der Waals surface area contributed by atoms with Crippen LogP contribution in [-0.4, -0.2) is 18.5 Å². The molecule has 1 aromatic carbocycles. The minimum atomic E-state index is -0.615. The zero-order valence-electron chi connectivity index (χ0n) is 9.69. The third kappa shape index (κ3) is 2.30. The fourth-order valence-electron chi connectivity index (χ4n) is 1.76. The number of benzene rings is 1. The maximum absolute atomic E-state index is 11.5. The average Bonchev–Trinajstić information content (AvgIpc) is 2.62. The van der Waals surface area contributed by atoms with Crippen molar-refractivity contribution in [3.8, 4) is 5.75 Å². The van der Waals surface area contributed by atoms with Gasteiger partial charge in [-0.1, -0.05) is 25.8 Å². The van der Waals surface area contributed by atoms with E-state index in [0.717, 1.165) is 19.3 Å². The maximum Gasteiger partial charge on any atom is 0.350 e. The third-order valence-corrected chi connectivity index (χ3v) is 2.64. The van der Waals surface area contributed by atoms with E-state index in [1.165, 1.54) is 0 Å². The first-order valence-electron chi connectivity index (χ1n) is 5.76. The Labute approximate surface area is 99.5 Å². The summed E-state index contributed by atoms with van der Waals surface area (Å²) in [6.07, 6.45) is 3.12. The summed E-state index contributed by atoms with van der Waals surface area (Å²) in [6, 6.07) is 4.94. The molecule has 2 rings (SSSR count). The molecule has 0 aliphatic carbocycles. The van der Waals surface area contributed by atoms with Crippen molar-refractivity contribution in [2.45, 2.75) is 26.2 Å². The Balaban J connectivity index is 2.14. The molecular weight excluding hydrogens is 220 g/mol. The molecule has 0 radical (unpaired) electrons. The molecule has 4 nitrogen and oxygen atoms in total. The Morgan fingerprint density at radius 3 is 2.76 bits per heavy atom. The summed E-state index contributed by atoms with van der Waals surface area (Å²) in [6.45, 7) is 2.65. The number of hydrogen-bond donors (Lipinski definition) is 0. The van der Waals surface area contributed by atoms with E-state index in [0.29, 0.717) is 17.9 Å². The highest BCUT2D eigenvalue weighted by molar-refractivity contribution is 6.16. The SMILES string of the molecule is CCCCCOc1cccc2c1C(=O)OC2=O. The van der Waals surface area contributed by atoms with E-state index in [2.05, 4.69) is 11.7 Å². The minimum Gasteiger partial charge on any atom is -0.493 e. The van der Waals surface area contributed by atoms with Gasteiger partial charge in [-0.05, 0) is 18.6 Å².